The molecule has 6 rings (SSSR count). The summed E-state index contributed by atoms with van der Waals surface area (Å²) in [5.74, 6) is 2.30. The highest BCUT2D eigenvalue weighted by Gasteiger charge is 2.37. The maximum Gasteiger partial charge on any atom is 0.256 e. The zero-order valence-corrected chi connectivity index (χ0v) is 20.8. The Morgan fingerprint density at radius 3 is 2.69 bits per heavy atom. The number of anilines is 3. The molecule has 12 nitrogen and oxygen atoms in total. The lowest BCUT2D eigenvalue weighted by atomic mass is 10.2. The molecular formula is C23H27N9O3S. The van der Waals surface area contributed by atoms with Crippen LogP contribution in [0.3, 0.4) is 0 Å². The van der Waals surface area contributed by atoms with Gasteiger partial charge in [0.2, 0.25) is 0 Å². The molecule has 13 heteroatoms. The number of aliphatic hydroxyl groups excluding tert-OH is 1. The molecule has 1 saturated heterocycles. The second kappa shape index (κ2) is 8.52. The molecule has 5 heterocycles. The Morgan fingerprint density at radius 1 is 1.14 bits per heavy atom. The molecule has 1 atom stereocenters. The van der Waals surface area contributed by atoms with Gasteiger partial charge in [-0.1, -0.05) is 0 Å². The van der Waals surface area contributed by atoms with Crippen molar-refractivity contribution in [2.75, 3.05) is 23.3 Å². The molecule has 1 aliphatic carbocycles. The number of nitrogens with zero attached hydrogens (tertiary/aromatic N) is 8. The van der Waals surface area contributed by atoms with Crippen molar-refractivity contribution in [3.63, 3.8) is 0 Å². The van der Waals surface area contributed by atoms with E-state index < -0.39 is 10.0 Å². The average molecular weight is 510 g/mol. The average Bonchev–Trinajstić information content (AvgIpc) is 3.27. The van der Waals surface area contributed by atoms with Crippen LogP contribution in [-0.4, -0.2) is 71.9 Å². The lowest BCUT2D eigenvalue weighted by molar-refractivity contribution is 0.198. The van der Waals surface area contributed by atoms with Crippen LogP contribution in [0, 0.1) is 0 Å². The van der Waals surface area contributed by atoms with E-state index in [0.29, 0.717) is 42.4 Å². The van der Waals surface area contributed by atoms with Gasteiger partial charge in [-0.05, 0) is 39.2 Å². The highest BCUT2D eigenvalue weighted by Crippen LogP contribution is 2.32. The predicted octanol–water partition coefficient (Wildman–Crippen LogP) is 2.32. The van der Waals surface area contributed by atoms with Gasteiger partial charge < -0.3 is 15.3 Å². The third-order valence-corrected chi connectivity index (χ3v) is 8.50. The van der Waals surface area contributed by atoms with E-state index in [1.807, 2.05) is 10.7 Å². The molecule has 1 saturated carbocycles. The third kappa shape index (κ3) is 4.07. The van der Waals surface area contributed by atoms with Gasteiger partial charge in [0.25, 0.3) is 10.0 Å². The zero-order chi connectivity index (χ0) is 25.0. The first kappa shape index (κ1) is 22.9. The second-order valence-corrected chi connectivity index (χ2v) is 11.6. The zero-order valence-electron chi connectivity index (χ0n) is 20.0. The molecule has 0 bridgehead atoms. The smallest absolute Gasteiger partial charge is 0.256 e. The lowest BCUT2D eigenvalue weighted by Gasteiger charge is -2.14. The van der Waals surface area contributed by atoms with Gasteiger partial charge in [-0.2, -0.15) is 14.3 Å². The van der Waals surface area contributed by atoms with Crippen LogP contribution < -0.4 is 10.2 Å². The van der Waals surface area contributed by atoms with Crippen LogP contribution in [0.1, 0.15) is 39.2 Å². The first-order valence-electron chi connectivity index (χ1n) is 12.0. The molecule has 188 valence electrons. The summed E-state index contributed by atoms with van der Waals surface area (Å²) < 4.78 is 27.9. The topological polar surface area (TPSA) is 144 Å². The minimum Gasteiger partial charge on any atom is -0.391 e. The largest absolute Gasteiger partial charge is 0.391 e. The summed E-state index contributed by atoms with van der Waals surface area (Å²) in [6, 6.07) is 3.79. The van der Waals surface area contributed by atoms with E-state index in [4.69, 9.17) is 5.10 Å². The molecule has 0 aromatic carbocycles. The minimum absolute atomic E-state index is 0.137. The fraction of sp³-hybridized carbons (Fsp3) is 0.435. The number of aliphatic hydroxyl groups is 1. The summed E-state index contributed by atoms with van der Waals surface area (Å²) in [5.41, 5.74) is 1.45. The number of hydrogen-bond donors (Lipinski definition) is 2. The van der Waals surface area contributed by atoms with Gasteiger partial charge in [0.1, 0.15) is 11.6 Å². The number of rotatable bonds is 7. The van der Waals surface area contributed by atoms with Crippen molar-refractivity contribution in [1.82, 2.24) is 33.9 Å². The maximum absolute atomic E-state index is 12.4. The fourth-order valence-electron chi connectivity index (χ4n) is 4.42. The van der Waals surface area contributed by atoms with Crippen LogP contribution in [0.25, 0.3) is 22.3 Å². The first-order chi connectivity index (χ1) is 17.3. The molecule has 36 heavy (non-hydrogen) atoms. The molecule has 4 aromatic rings. The van der Waals surface area contributed by atoms with E-state index in [9.17, 15) is 13.5 Å². The number of hydrogen-bond acceptors (Lipinski definition) is 10. The van der Waals surface area contributed by atoms with E-state index in [0.717, 1.165) is 33.8 Å². The van der Waals surface area contributed by atoms with Crippen molar-refractivity contribution in [3.05, 3.63) is 36.9 Å². The Balaban J connectivity index is 1.29. The summed E-state index contributed by atoms with van der Waals surface area (Å²) in [7, 11) is -3.45. The molecule has 0 spiro atoms. The summed E-state index contributed by atoms with van der Waals surface area (Å²) in [6.07, 6.45) is 8.03. The van der Waals surface area contributed by atoms with Crippen molar-refractivity contribution >= 4 is 38.4 Å². The molecule has 2 fully saturated rings. The van der Waals surface area contributed by atoms with Gasteiger partial charge in [-0.3, -0.25) is 4.68 Å². The maximum atomic E-state index is 12.4. The summed E-state index contributed by atoms with van der Waals surface area (Å²) in [5, 5.41) is 22.6. The molecular weight excluding hydrogens is 482 g/mol. The van der Waals surface area contributed by atoms with Crippen LogP contribution in [0.5, 0.6) is 0 Å². The van der Waals surface area contributed by atoms with Gasteiger partial charge >= 0.3 is 0 Å². The van der Waals surface area contributed by atoms with Gasteiger partial charge in [0.15, 0.2) is 11.6 Å². The minimum atomic E-state index is -3.45. The Morgan fingerprint density at radius 2 is 1.97 bits per heavy atom. The molecule has 0 radical (unpaired) electrons. The molecule has 1 aliphatic heterocycles. The Labute approximate surface area is 208 Å². The fourth-order valence-corrected chi connectivity index (χ4v) is 5.90. The van der Waals surface area contributed by atoms with Crippen LogP contribution in [-0.2, 0) is 10.0 Å². The highest BCUT2D eigenvalue weighted by molar-refractivity contribution is 7.90. The quantitative estimate of drug-likeness (QED) is 0.381. The van der Waals surface area contributed by atoms with Crippen LogP contribution in [0.15, 0.2) is 36.9 Å². The molecule has 0 amide bonds. The van der Waals surface area contributed by atoms with Crippen LogP contribution in [0.4, 0.5) is 17.5 Å². The summed E-state index contributed by atoms with van der Waals surface area (Å²) in [6.45, 7) is 5.46. The van der Waals surface area contributed by atoms with Gasteiger partial charge in [0.05, 0.1) is 40.2 Å². The van der Waals surface area contributed by atoms with E-state index in [-0.39, 0.29) is 17.4 Å². The normalized spacial score (nSPS) is 18.4. The van der Waals surface area contributed by atoms with Crippen LogP contribution in [0.2, 0.25) is 0 Å². The van der Waals surface area contributed by atoms with E-state index >= 15 is 0 Å². The number of pyridine rings is 1. The standard InChI is InChI=1S/C23H27N9O3S/c1-14(2)32-19-9-21(25-11-18(19)23(29-32)30-8-6-16(33)13-30)27-20-5-7-24-22(28-20)15-10-26-31(12-15)36(34,35)17-3-4-17/h5,7,9-12,14,16-17,33H,3-4,6,8,13H2,1-2H3,(H,24,25,27,28)/t16-/m0/s1. The van der Waals surface area contributed by atoms with E-state index in [1.54, 1.807) is 18.5 Å². The van der Waals surface area contributed by atoms with Gasteiger partial charge in [-0.15, -0.1) is 0 Å². The third-order valence-electron chi connectivity index (χ3n) is 6.46. The van der Waals surface area contributed by atoms with Gasteiger partial charge in [-0.25, -0.2) is 23.4 Å². The van der Waals surface area contributed by atoms with E-state index in [1.165, 1.54) is 12.4 Å². The summed E-state index contributed by atoms with van der Waals surface area (Å²) >= 11 is 0. The van der Waals surface area contributed by atoms with Crippen molar-refractivity contribution in [2.24, 2.45) is 0 Å². The number of fused-ring (bicyclic) bond motifs is 1. The molecule has 2 N–H and O–H groups in total. The molecule has 0 unspecified atom stereocenters. The monoisotopic (exact) mass is 509 g/mol. The van der Waals surface area contributed by atoms with Crippen molar-refractivity contribution < 1.29 is 13.5 Å². The number of β-amino-alcohol motifs (C(OH)–C–C–N with tert-alkyl or cyclic N) is 1. The first-order valence-corrected chi connectivity index (χ1v) is 13.5. The Hall–Kier alpha value is -3.58. The predicted molar refractivity (Wildman–Crippen MR) is 135 cm³/mol. The van der Waals surface area contributed by atoms with E-state index in [2.05, 4.69) is 44.1 Å². The van der Waals surface area contributed by atoms with Crippen LogP contribution >= 0.6 is 0 Å². The Bertz CT molecular complexity index is 1540. The van der Waals surface area contributed by atoms with Crippen molar-refractivity contribution in [1.29, 1.82) is 0 Å². The number of aromatic nitrogens is 7. The van der Waals surface area contributed by atoms with Crippen molar-refractivity contribution in [3.8, 4) is 11.4 Å². The SMILES string of the molecule is CC(C)n1nc(N2CC[C@H](O)C2)c2cnc(Nc3ccnc(-c4cnn(S(=O)(=O)C5CC5)c4)n3)cc21. The second-order valence-electron chi connectivity index (χ2n) is 9.57. The number of nitrogens with one attached hydrogen (secondary N) is 1. The van der Waals surface area contributed by atoms with Crippen molar-refractivity contribution in [2.45, 2.75) is 50.5 Å². The summed E-state index contributed by atoms with van der Waals surface area (Å²) in [4.78, 5) is 15.5. The van der Waals surface area contributed by atoms with Gasteiger partial charge in [0, 0.05) is 37.6 Å². The molecule has 2 aliphatic rings. The highest BCUT2D eigenvalue weighted by atomic mass is 32.2. The lowest BCUT2D eigenvalue weighted by Crippen LogP contribution is -2.22. The Kier molecular flexibility index (Phi) is 5.41. The molecule has 4 aromatic heterocycles.